The predicted molar refractivity (Wildman–Crippen MR) is 176 cm³/mol. The van der Waals surface area contributed by atoms with E-state index in [1.807, 2.05) is 30.3 Å². The zero-order chi connectivity index (χ0) is 30.2. The lowest BCUT2D eigenvalue weighted by atomic mass is 10.0. The van der Waals surface area contributed by atoms with Crippen molar-refractivity contribution in [1.82, 2.24) is 10.3 Å². The number of halogens is 1. The number of para-hydroxylation sites is 1. The zero-order valence-electron chi connectivity index (χ0n) is 24.2. The van der Waals surface area contributed by atoms with E-state index in [0.717, 1.165) is 45.7 Å². The second-order valence-corrected chi connectivity index (χ2v) is 11.9. The molecule has 3 aromatic carbocycles. The fourth-order valence-electron chi connectivity index (χ4n) is 4.87. The average Bonchev–Trinajstić information content (AvgIpc) is 3.45. The third-order valence-electron chi connectivity index (χ3n) is 6.94. The molecule has 0 atom stereocenters. The number of benzene rings is 3. The maximum atomic E-state index is 15.2. The van der Waals surface area contributed by atoms with Crippen molar-refractivity contribution < 1.29 is 18.7 Å². The van der Waals surface area contributed by atoms with Gasteiger partial charge in [-0.2, -0.15) is 0 Å². The van der Waals surface area contributed by atoms with Gasteiger partial charge in [0.25, 0.3) is 0 Å². The number of aromatic nitrogens is 1. The van der Waals surface area contributed by atoms with Gasteiger partial charge in [0.2, 0.25) is 0 Å². The fraction of sp³-hybridized carbons (Fsp3) is 0.229. The summed E-state index contributed by atoms with van der Waals surface area (Å²) in [5.41, 5.74) is 4.63. The molecule has 5 nitrogen and oxygen atoms in total. The van der Waals surface area contributed by atoms with E-state index in [0.29, 0.717) is 28.3 Å². The average molecular weight is 613 g/mol. The van der Waals surface area contributed by atoms with Crippen LogP contribution in [0.15, 0.2) is 85.1 Å². The number of rotatable bonds is 14. The summed E-state index contributed by atoms with van der Waals surface area (Å²) in [4.78, 5) is 18.8. The molecule has 0 amide bonds. The number of hydrogen-bond donors (Lipinski definition) is 1. The van der Waals surface area contributed by atoms with E-state index in [1.54, 1.807) is 42.8 Å². The molecule has 0 aliphatic rings. The maximum absolute atomic E-state index is 15.2. The van der Waals surface area contributed by atoms with Crippen LogP contribution in [0.25, 0.3) is 20.7 Å². The number of carbonyl (C=O) groups is 1. The SMILES string of the molecule is CCCNCc1cccc(-c2cc3nccc(Oc4ccc(CC(=S)CC(=O)Cc5ccccc5OC)cc4F)c3s2)c1. The van der Waals surface area contributed by atoms with E-state index in [4.69, 9.17) is 21.7 Å². The Hall–Kier alpha value is -3.98. The second kappa shape index (κ2) is 14.5. The van der Waals surface area contributed by atoms with E-state index < -0.39 is 5.82 Å². The number of ketones is 1. The minimum atomic E-state index is -0.491. The Balaban J connectivity index is 1.25. The van der Waals surface area contributed by atoms with Gasteiger partial charge >= 0.3 is 0 Å². The van der Waals surface area contributed by atoms with Crippen molar-refractivity contribution in [1.29, 1.82) is 0 Å². The third kappa shape index (κ3) is 7.90. The number of methoxy groups -OCH3 is 1. The van der Waals surface area contributed by atoms with Crippen molar-refractivity contribution >= 4 is 44.4 Å². The third-order valence-corrected chi connectivity index (χ3v) is 8.41. The highest BCUT2D eigenvalue weighted by molar-refractivity contribution is 7.80. The number of hydrogen-bond acceptors (Lipinski definition) is 7. The first-order chi connectivity index (χ1) is 20.9. The number of fused-ring (bicyclic) bond motifs is 1. The second-order valence-electron chi connectivity index (χ2n) is 10.3. The van der Waals surface area contributed by atoms with Crippen LogP contribution in [0.2, 0.25) is 0 Å². The summed E-state index contributed by atoms with van der Waals surface area (Å²) in [6, 6.07) is 24.5. The molecule has 0 saturated carbocycles. The molecule has 0 unspecified atom stereocenters. The molecule has 0 fully saturated rings. The van der Waals surface area contributed by atoms with Crippen LogP contribution in [0.3, 0.4) is 0 Å². The number of carbonyl (C=O) groups excluding carboxylic acids is 1. The Kier molecular flexibility index (Phi) is 10.3. The number of thiocarbonyl (C=S) groups is 1. The van der Waals surface area contributed by atoms with Gasteiger partial charge in [-0.25, -0.2) is 4.39 Å². The molecule has 0 bridgehead atoms. The van der Waals surface area contributed by atoms with Gasteiger partial charge in [0.15, 0.2) is 11.6 Å². The Morgan fingerprint density at radius 3 is 2.63 bits per heavy atom. The molecule has 0 saturated heterocycles. The molecule has 2 aromatic heterocycles. The Morgan fingerprint density at radius 1 is 0.953 bits per heavy atom. The highest BCUT2D eigenvalue weighted by atomic mass is 32.1. The highest BCUT2D eigenvalue weighted by Gasteiger charge is 2.15. The number of thiophene rings is 1. The summed E-state index contributed by atoms with van der Waals surface area (Å²) >= 11 is 7.06. The predicted octanol–water partition coefficient (Wildman–Crippen LogP) is 8.52. The Labute approximate surface area is 260 Å². The van der Waals surface area contributed by atoms with Crippen molar-refractivity contribution in [3.05, 3.63) is 108 Å². The number of Topliss-reactive ketones (excluding diaryl/α,β-unsaturated/α-hetero) is 1. The normalized spacial score (nSPS) is 11.0. The molecule has 0 radical (unpaired) electrons. The molecule has 220 valence electrons. The smallest absolute Gasteiger partial charge is 0.166 e. The minimum absolute atomic E-state index is 0.00756. The van der Waals surface area contributed by atoms with Gasteiger partial charge in [-0.15, -0.1) is 11.3 Å². The number of nitrogens with one attached hydrogen (secondary N) is 1. The number of ether oxygens (including phenoxy) is 2. The molecule has 2 heterocycles. The monoisotopic (exact) mass is 612 g/mol. The standard InChI is InChI=1S/C35H33FN2O3S2/c1-3-14-37-22-24-7-6-9-26(16-24)34-21-30-35(43-34)33(13-15-38-30)41-32-12-11-23(18-29(32)36)17-28(42)20-27(39)19-25-8-4-5-10-31(25)40-2/h4-13,15-16,18,21,37H,3,14,17,19-20,22H2,1-2H3. The van der Waals surface area contributed by atoms with Crippen LogP contribution in [-0.2, 0) is 24.2 Å². The molecule has 0 aliphatic heterocycles. The van der Waals surface area contributed by atoms with Crippen LogP contribution in [0.5, 0.6) is 17.2 Å². The molecule has 0 aliphatic carbocycles. The first-order valence-corrected chi connectivity index (χ1v) is 15.5. The van der Waals surface area contributed by atoms with E-state index in [9.17, 15) is 4.79 Å². The fourth-order valence-corrected chi connectivity index (χ4v) is 6.26. The summed E-state index contributed by atoms with van der Waals surface area (Å²) in [5.74, 6) is 0.843. The van der Waals surface area contributed by atoms with Crippen LogP contribution < -0.4 is 14.8 Å². The summed E-state index contributed by atoms with van der Waals surface area (Å²) < 4.78 is 27.4. The van der Waals surface area contributed by atoms with Crippen LogP contribution in [-0.4, -0.2) is 29.3 Å². The van der Waals surface area contributed by atoms with Crippen molar-refractivity contribution in [3.8, 4) is 27.7 Å². The molecule has 5 rings (SSSR count). The Bertz CT molecular complexity index is 1750. The summed E-state index contributed by atoms with van der Waals surface area (Å²) in [6.45, 7) is 3.95. The van der Waals surface area contributed by atoms with Gasteiger partial charge in [0, 0.05) is 53.4 Å². The largest absolute Gasteiger partial charge is 0.496 e. The molecular weight excluding hydrogens is 580 g/mol. The molecule has 0 spiro atoms. The zero-order valence-corrected chi connectivity index (χ0v) is 25.8. The first kappa shape index (κ1) is 30.5. The van der Waals surface area contributed by atoms with Gasteiger partial charge in [0.05, 0.1) is 17.3 Å². The van der Waals surface area contributed by atoms with Crippen LogP contribution in [0, 0.1) is 5.82 Å². The lowest BCUT2D eigenvalue weighted by molar-refractivity contribution is -0.117. The Morgan fingerprint density at radius 2 is 1.81 bits per heavy atom. The summed E-state index contributed by atoms with van der Waals surface area (Å²) in [5, 5.41) is 3.44. The van der Waals surface area contributed by atoms with E-state index in [1.165, 1.54) is 11.6 Å². The first-order valence-electron chi connectivity index (χ1n) is 14.2. The summed E-state index contributed by atoms with van der Waals surface area (Å²) in [7, 11) is 1.58. The van der Waals surface area contributed by atoms with Crippen molar-refractivity contribution in [2.24, 2.45) is 0 Å². The summed E-state index contributed by atoms with van der Waals surface area (Å²) in [6.07, 6.45) is 3.46. The van der Waals surface area contributed by atoms with Crippen molar-refractivity contribution in [2.45, 2.75) is 39.2 Å². The lowest BCUT2D eigenvalue weighted by Crippen LogP contribution is -2.13. The van der Waals surface area contributed by atoms with Gasteiger partial charge in [-0.3, -0.25) is 9.78 Å². The van der Waals surface area contributed by atoms with Crippen LogP contribution in [0.4, 0.5) is 4.39 Å². The van der Waals surface area contributed by atoms with Gasteiger partial charge in [-0.05, 0) is 60.0 Å². The van der Waals surface area contributed by atoms with Crippen LogP contribution >= 0.6 is 23.6 Å². The minimum Gasteiger partial charge on any atom is -0.496 e. The van der Waals surface area contributed by atoms with E-state index in [2.05, 4.69) is 41.5 Å². The number of nitrogens with zero attached hydrogens (tertiary/aromatic N) is 1. The topological polar surface area (TPSA) is 60.5 Å². The van der Waals surface area contributed by atoms with E-state index >= 15 is 4.39 Å². The quantitative estimate of drug-likeness (QED) is 0.100. The molecule has 8 heteroatoms. The van der Waals surface area contributed by atoms with Gasteiger partial charge < -0.3 is 14.8 Å². The van der Waals surface area contributed by atoms with Crippen molar-refractivity contribution in [2.75, 3.05) is 13.7 Å². The lowest BCUT2D eigenvalue weighted by Gasteiger charge is -2.10. The number of pyridine rings is 1. The molecule has 43 heavy (non-hydrogen) atoms. The van der Waals surface area contributed by atoms with Crippen molar-refractivity contribution in [3.63, 3.8) is 0 Å². The molecular formula is C35H33FN2O3S2. The highest BCUT2D eigenvalue weighted by Crippen LogP contribution is 2.39. The molecule has 1 N–H and O–H groups in total. The van der Waals surface area contributed by atoms with Gasteiger partial charge in [0.1, 0.15) is 17.3 Å². The van der Waals surface area contributed by atoms with Crippen LogP contribution in [0.1, 0.15) is 36.5 Å². The maximum Gasteiger partial charge on any atom is 0.166 e. The molecule has 5 aromatic rings. The van der Waals surface area contributed by atoms with Gasteiger partial charge in [-0.1, -0.05) is 61.6 Å². The van der Waals surface area contributed by atoms with E-state index in [-0.39, 0.29) is 24.4 Å².